The molecule has 0 saturated heterocycles. The molecule has 0 aliphatic carbocycles. The zero-order valence-corrected chi connectivity index (χ0v) is 19.1. The number of hydrogen-bond donors (Lipinski definition) is 1. The Labute approximate surface area is 191 Å². The van der Waals surface area contributed by atoms with Gasteiger partial charge in [-0.1, -0.05) is 43.4 Å². The Kier molecular flexibility index (Phi) is 6.56. The van der Waals surface area contributed by atoms with Crippen molar-refractivity contribution in [3.8, 4) is 0 Å². The van der Waals surface area contributed by atoms with E-state index in [-0.39, 0.29) is 11.7 Å². The predicted molar refractivity (Wildman–Crippen MR) is 130 cm³/mol. The number of thiophene rings is 1. The van der Waals surface area contributed by atoms with Gasteiger partial charge < -0.3 is 9.88 Å². The molecule has 4 aromatic heterocycles. The minimum absolute atomic E-state index is 0.0890. The van der Waals surface area contributed by atoms with Crippen LogP contribution >= 0.6 is 11.3 Å². The number of allylic oxidation sites excluding steroid dienone is 4. The molecule has 6 nitrogen and oxygen atoms in total. The van der Waals surface area contributed by atoms with E-state index in [1.807, 2.05) is 72.6 Å². The summed E-state index contributed by atoms with van der Waals surface area (Å²) in [6.45, 7) is 4.62. The van der Waals surface area contributed by atoms with Gasteiger partial charge in [-0.25, -0.2) is 4.98 Å². The molecular formula is C25H25N5OS. The van der Waals surface area contributed by atoms with Gasteiger partial charge in [0.2, 0.25) is 11.7 Å². The van der Waals surface area contributed by atoms with Crippen molar-refractivity contribution >= 4 is 34.1 Å². The van der Waals surface area contributed by atoms with Gasteiger partial charge in [-0.15, -0.1) is 11.3 Å². The molecular weight excluding hydrogens is 418 g/mol. The molecule has 0 amide bonds. The van der Waals surface area contributed by atoms with Crippen molar-refractivity contribution in [1.29, 1.82) is 0 Å². The lowest BCUT2D eigenvalue weighted by Gasteiger charge is -2.10. The summed E-state index contributed by atoms with van der Waals surface area (Å²) in [5.41, 5.74) is 3.20. The van der Waals surface area contributed by atoms with Crippen molar-refractivity contribution in [2.45, 2.75) is 26.3 Å². The van der Waals surface area contributed by atoms with Crippen LogP contribution in [-0.4, -0.2) is 25.3 Å². The predicted octanol–water partition coefficient (Wildman–Crippen LogP) is 5.50. The van der Waals surface area contributed by atoms with E-state index in [1.54, 1.807) is 12.4 Å². The first-order valence-corrected chi connectivity index (χ1v) is 11.3. The van der Waals surface area contributed by atoms with Crippen molar-refractivity contribution < 1.29 is 4.79 Å². The van der Waals surface area contributed by atoms with Crippen LogP contribution in [0.2, 0.25) is 0 Å². The number of aromatic nitrogens is 4. The highest BCUT2D eigenvalue weighted by Crippen LogP contribution is 2.32. The quantitative estimate of drug-likeness (QED) is 0.287. The summed E-state index contributed by atoms with van der Waals surface area (Å²) in [5, 5.41) is 5.96. The lowest BCUT2D eigenvalue weighted by molar-refractivity contribution is 0.103. The number of nitrogens with zero attached hydrogens (tertiary/aromatic N) is 4. The molecule has 4 rings (SSSR count). The minimum Gasteiger partial charge on any atom is -0.350 e. The number of hydrogen-bond acceptors (Lipinski definition) is 6. The second-order valence-corrected chi connectivity index (χ2v) is 8.46. The van der Waals surface area contributed by atoms with E-state index in [9.17, 15) is 4.79 Å². The Balaban J connectivity index is 1.81. The Hall–Kier alpha value is -3.58. The fourth-order valence-electron chi connectivity index (χ4n) is 3.55. The summed E-state index contributed by atoms with van der Waals surface area (Å²) in [6.07, 6.45) is 13.7. The van der Waals surface area contributed by atoms with E-state index in [0.29, 0.717) is 23.1 Å². The molecule has 1 unspecified atom stereocenters. The normalized spacial score (nSPS) is 12.7. The molecule has 0 spiro atoms. The summed E-state index contributed by atoms with van der Waals surface area (Å²) in [7, 11) is 1.95. The summed E-state index contributed by atoms with van der Waals surface area (Å²) < 4.78 is 1.97. The summed E-state index contributed by atoms with van der Waals surface area (Å²) in [6, 6.07) is 7.59. The standard InChI is InChI=1S/C25H25N5OS/c1-4-5-6-9-17(2)19-16-30(3)24-21(19)22(23(31)20-11-8-13-32-20)28-25(29-24)27-15-18-10-7-12-26-14-18/h4-14,16-17H,15H2,1-3H3,(H,27,28,29)/b5-4-,9-6-. The number of ketones is 1. The third kappa shape index (κ3) is 4.53. The molecule has 4 heterocycles. The van der Waals surface area contributed by atoms with Crippen molar-refractivity contribution in [2.24, 2.45) is 7.05 Å². The van der Waals surface area contributed by atoms with Crippen LogP contribution in [0.1, 0.15) is 46.3 Å². The minimum atomic E-state index is -0.0890. The largest absolute Gasteiger partial charge is 0.350 e. The van der Waals surface area contributed by atoms with Gasteiger partial charge in [0.25, 0.3) is 0 Å². The number of carbonyl (C=O) groups is 1. The second kappa shape index (κ2) is 9.70. The van der Waals surface area contributed by atoms with Gasteiger partial charge in [0.15, 0.2) is 0 Å². The maximum atomic E-state index is 13.4. The van der Waals surface area contributed by atoms with Crippen LogP contribution in [-0.2, 0) is 13.6 Å². The molecule has 0 aliphatic rings. The van der Waals surface area contributed by atoms with Crippen LogP contribution in [0.15, 0.2) is 72.5 Å². The van der Waals surface area contributed by atoms with Crippen LogP contribution in [0.5, 0.6) is 0 Å². The third-order valence-corrected chi connectivity index (χ3v) is 6.04. The van der Waals surface area contributed by atoms with E-state index < -0.39 is 0 Å². The maximum Gasteiger partial charge on any atom is 0.225 e. The van der Waals surface area contributed by atoms with Crippen LogP contribution < -0.4 is 5.32 Å². The SMILES string of the molecule is C/C=C\C=C/C(C)c1cn(C)c2nc(NCc3cccnc3)nc(C(=O)c3cccs3)c12. The maximum absolute atomic E-state index is 13.4. The first-order chi connectivity index (χ1) is 15.6. The van der Waals surface area contributed by atoms with Crippen LogP contribution in [0, 0.1) is 0 Å². The number of fused-ring (bicyclic) bond motifs is 1. The summed E-state index contributed by atoms with van der Waals surface area (Å²) >= 11 is 1.42. The van der Waals surface area contributed by atoms with Gasteiger partial charge in [-0.3, -0.25) is 9.78 Å². The van der Waals surface area contributed by atoms with E-state index in [1.165, 1.54) is 11.3 Å². The molecule has 0 aliphatic heterocycles. The highest BCUT2D eigenvalue weighted by molar-refractivity contribution is 7.12. The fourth-order valence-corrected chi connectivity index (χ4v) is 4.21. The number of carbonyl (C=O) groups excluding carboxylic acids is 1. The molecule has 162 valence electrons. The monoisotopic (exact) mass is 443 g/mol. The van der Waals surface area contributed by atoms with E-state index in [0.717, 1.165) is 22.2 Å². The van der Waals surface area contributed by atoms with E-state index in [2.05, 4.69) is 28.3 Å². The molecule has 32 heavy (non-hydrogen) atoms. The fraction of sp³-hybridized carbons (Fsp3) is 0.200. The molecule has 1 atom stereocenters. The Morgan fingerprint density at radius 3 is 2.84 bits per heavy atom. The molecule has 0 aromatic carbocycles. The number of rotatable bonds is 8. The average molecular weight is 444 g/mol. The van der Waals surface area contributed by atoms with E-state index >= 15 is 0 Å². The first kappa shape index (κ1) is 21.6. The lowest BCUT2D eigenvalue weighted by atomic mass is 9.98. The van der Waals surface area contributed by atoms with Gasteiger partial charge in [0, 0.05) is 38.1 Å². The molecule has 7 heteroatoms. The van der Waals surface area contributed by atoms with Gasteiger partial charge in [-0.2, -0.15) is 4.98 Å². The third-order valence-electron chi connectivity index (χ3n) is 5.17. The molecule has 4 aromatic rings. The summed E-state index contributed by atoms with van der Waals surface area (Å²) in [5.74, 6) is 0.433. The van der Waals surface area contributed by atoms with Crippen molar-refractivity contribution in [1.82, 2.24) is 19.5 Å². The molecule has 1 N–H and O–H groups in total. The molecule has 0 radical (unpaired) electrons. The number of anilines is 1. The zero-order chi connectivity index (χ0) is 22.5. The van der Waals surface area contributed by atoms with Gasteiger partial charge in [0.05, 0.1) is 10.3 Å². The molecule has 0 fully saturated rings. The Bertz CT molecular complexity index is 1270. The second-order valence-electron chi connectivity index (χ2n) is 7.51. The molecule has 0 saturated carbocycles. The van der Waals surface area contributed by atoms with Gasteiger partial charge in [0.1, 0.15) is 11.3 Å². The van der Waals surface area contributed by atoms with Crippen molar-refractivity contribution in [2.75, 3.05) is 5.32 Å². The average Bonchev–Trinajstić information content (AvgIpc) is 3.46. The Morgan fingerprint density at radius 2 is 2.12 bits per heavy atom. The molecule has 0 bridgehead atoms. The van der Waals surface area contributed by atoms with Crippen LogP contribution in [0.25, 0.3) is 11.0 Å². The van der Waals surface area contributed by atoms with E-state index in [4.69, 9.17) is 4.98 Å². The first-order valence-electron chi connectivity index (χ1n) is 10.5. The van der Waals surface area contributed by atoms with Crippen LogP contribution in [0.4, 0.5) is 5.95 Å². The Morgan fingerprint density at radius 1 is 1.25 bits per heavy atom. The lowest BCUT2D eigenvalue weighted by Crippen LogP contribution is -2.11. The topological polar surface area (TPSA) is 72.7 Å². The number of nitrogens with one attached hydrogen (secondary N) is 1. The van der Waals surface area contributed by atoms with Gasteiger partial charge in [-0.05, 0) is 35.6 Å². The number of aryl methyl sites for hydroxylation is 1. The number of pyridine rings is 1. The summed E-state index contributed by atoms with van der Waals surface area (Å²) in [4.78, 5) is 27.7. The van der Waals surface area contributed by atoms with Crippen molar-refractivity contribution in [3.63, 3.8) is 0 Å². The highest BCUT2D eigenvalue weighted by Gasteiger charge is 2.24. The highest BCUT2D eigenvalue weighted by atomic mass is 32.1. The van der Waals surface area contributed by atoms with Gasteiger partial charge >= 0.3 is 0 Å². The van der Waals surface area contributed by atoms with Crippen LogP contribution in [0.3, 0.4) is 0 Å². The zero-order valence-electron chi connectivity index (χ0n) is 18.3. The van der Waals surface area contributed by atoms with Crippen molar-refractivity contribution in [3.05, 3.63) is 94.2 Å². The smallest absolute Gasteiger partial charge is 0.225 e.